The monoisotopic (exact) mass is 276 g/mol. The van der Waals surface area contributed by atoms with E-state index in [-0.39, 0.29) is 5.75 Å². The number of hydrogen-bond donors (Lipinski definition) is 1. The molecule has 4 nitrogen and oxygen atoms in total. The summed E-state index contributed by atoms with van der Waals surface area (Å²) in [6.07, 6.45) is 0.470. The smallest absolute Gasteiger partial charge is 0.161 e. The SMILES string of the molecule is CCOc1cccc(CC(C)(C#N)N(CC)CC)c1O. The molecule has 0 aliphatic rings. The maximum absolute atomic E-state index is 10.3. The zero-order valence-electron chi connectivity index (χ0n) is 12.8. The number of likely N-dealkylation sites (N-methyl/N-ethyl adjacent to an activating group) is 1. The van der Waals surface area contributed by atoms with Crippen LogP contribution in [0.4, 0.5) is 0 Å². The summed E-state index contributed by atoms with van der Waals surface area (Å²) in [4.78, 5) is 2.10. The van der Waals surface area contributed by atoms with E-state index < -0.39 is 5.54 Å². The van der Waals surface area contributed by atoms with E-state index in [2.05, 4.69) is 11.0 Å². The van der Waals surface area contributed by atoms with E-state index in [1.165, 1.54) is 0 Å². The van der Waals surface area contributed by atoms with E-state index in [4.69, 9.17) is 4.74 Å². The van der Waals surface area contributed by atoms with Crippen LogP contribution in [0.5, 0.6) is 11.5 Å². The highest BCUT2D eigenvalue weighted by molar-refractivity contribution is 5.46. The van der Waals surface area contributed by atoms with Gasteiger partial charge in [0.15, 0.2) is 11.5 Å². The second kappa shape index (κ2) is 7.16. The quantitative estimate of drug-likeness (QED) is 0.832. The summed E-state index contributed by atoms with van der Waals surface area (Å²) in [6, 6.07) is 7.81. The van der Waals surface area contributed by atoms with Crippen LogP contribution in [0.1, 0.15) is 33.3 Å². The summed E-state index contributed by atoms with van der Waals surface area (Å²) in [5.41, 5.74) is 0.109. The Morgan fingerprint density at radius 2 is 1.95 bits per heavy atom. The third kappa shape index (κ3) is 3.43. The van der Waals surface area contributed by atoms with Gasteiger partial charge < -0.3 is 9.84 Å². The van der Waals surface area contributed by atoms with Crippen molar-refractivity contribution in [2.45, 2.75) is 39.7 Å². The molecule has 4 heteroatoms. The van der Waals surface area contributed by atoms with E-state index in [0.29, 0.717) is 18.8 Å². The Bertz CT molecular complexity index is 478. The molecule has 1 unspecified atom stereocenters. The number of benzene rings is 1. The predicted molar refractivity (Wildman–Crippen MR) is 79.9 cm³/mol. The van der Waals surface area contributed by atoms with Gasteiger partial charge >= 0.3 is 0 Å². The fourth-order valence-electron chi connectivity index (χ4n) is 2.50. The van der Waals surface area contributed by atoms with Gasteiger partial charge in [0.1, 0.15) is 5.54 Å². The predicted octanol–water partition coefficient (Wildman–Crippen LogP) is 2.96. The number of phenolic OH excluding ortho intramolecular Hbond substituents is 1. The van der Waals surface area contributed by atoms with Gasteiger partial charge in [0.2, 0.25) is 0 Å². The molecule has 1 aromatic carbocycles. The average molecular weight is 276 g/mol. The molecule has 1 N–H and O–H groups in total. The maximum Gasteiger partial charge on any atom is 0.161 e. The first-order chi connectivity index (χ1) is 9.52. The van der Waals surface area contributed by atoms with Crippen molar-refractivity contribution in [1.82, 2.24) is 4.90 Å². The van der Waals surface area contributed by atoms with Crippen molar-refractivity contribution >= 4 is 0 Å². The number of ether oxygens (including phenoxy) is 1. The van der Waals surface area contributed by atoms with Crippen molar-refractivity contribution in [3.05, 3.63) is 23.8 Å². The molecule has 1 rings (SSSR count). The Balaban J connectivity index is 3.07. The summed E-state index contributed by atoms with van der Waals surface area (Å²) < 4.78 is 5.39. The van der Waals surface area contributed by atoms with Crippen LogP contribution >= 0.6 is 0 Å². The third-order valence-electron chi connectivity index (χ3n) is 3.62. The molecule has 0 amide bonds. The average Bonchev–Trinajstić information content (AvgIpc) is 2.45. The summed E-state index contributed by atoms with van der Waals surface area (Å²) in [5, 5.41) is 19.8. The summed E-state index contributed by atoms with van der Waals surface area (Å²) >= 11 is 0. The summed E-state index contributed by atoms with van der Waals surface area (Å²) in [7, 11) is 0. The molecule has 1 atom stereocenters. The second-order valence-electron chi connectivity index (χ2n) is 4.93. The van der Waals surface area contributed by atoms with Crippen molar-refractivity contribution in [3.63, 3.8) is 0 Å². The fraction of sp³-hybridized carbons (Fsp3) is 0.562. The Kier molecular flexibility index (Phi) is 5.84. The number of hydrogen-bond acceptors (Lipinski definition) is 4. The second-order valence-corrected chi connectivity index (χ2v) is 4.93. The lowest BCUT2D eigenvalue weighted by molar-refractivity contribution is 0.168. The van der Waals surface area contributed by atoms with E-state index >= 15 is 0 Å². The molecule has 0 saturated heterocycles. The fourth-order valence-corrected chi connectivity index (χ4v) is 2.50. The topological polar surface area (TPSA) is 56.5 Å². The van der Waals surface area contributed by atoms with Crippen LogP contribution in [-0.4, -0.2) is 35.2 Å². The van der Waals surface area contributed by atoms with Gasteiger partial charge in [-0.05, 0) is 33.0 Å². The largest absolute Gasteiger partial charge is 0.504 e. The molecule has 0 aliphatic heterocycles. The lowest BCUT2D eigenvalue weighted by Crippen LogP contribution is -2.46. The van der Waals surface area contributed by atoms with Gasteiger partial charge in [0.25, 0.3) is 0 Å². The van der Waals surface area contributed by atoms with E-state index in [1.807, 2.05) is 39.8 Å². The molecule has 0 heterocycles. The Morgan fingerprint density at radius 3 is 2.45 bits per heavy atom. The van der Waals surface area contributed by atoms with Crippen LogP contribution in [0.15, 0.2) is 18.2 Å². The van der Waals surface area contributed by atoms with Gasteiger partial charge in [0, 0.05) is 12.0 Å². The van der Waals surface area contributed by atoms with Gasteiger partial charge in [0.05, 0.1) is 12.7 Å². The minimum atomic E-state index is -0.633. The minimum absolute atomic E-state index is 0.142. The minimum Gasteiger partial charge on any atom is -0.504 e. The summed E-state index contributed by atoms with van der Waals surface area (Å²) in [6.45, 7) is 9.96. The van der Waals surface area contributed by atoms with Gasteiger partial charge in [-0.1, -0.05) is 26.0 Å². The van der Waals surface area contributed by atoms with Crippen molar-refractivity contribution in [2.24, 2.45) is 0 Å². The normalized spacial score (nSPS) is 13.8. The standard InChI is InChI=1S/C16H24N2O2/c1-5-18(6-2)16(4,12-17)11-13-9-8-10-14(15(13)19)20-7-3/h8-10,19H,5-7,11H2,1-4H3. The first-order valence-electron chi connectivity index (χ1n) is 7.12. The first kappa shape index (κ1) is 16.3. The van der Waals surface area contributed by atoms with E-state index in [0.717, 1.165) is 18.7 Å². The molecule has 0 aliphatic carbocycles. The van der Waals surface area contributed by atoms with Gasteiger partial charge in [-0.3, -0.25) is 4.90 Å². The number of nitrogens with zero attached hydrogens (tertiary/aromatic N) is 2. The molecule has 110 valence electrons. The molecule has 0 radical (unpaired) electrons. The summed E-state index contributed by atoms with van der Waals surface area (Å²) in [5.74, 6) is 0.618. The molecule has 0 bridgehead atoms. The maximum atomic E-state index is 10.3. The molecule has 20 heavy (non-hydrogen) atoms. The molecule has 1 aromatic rings. The lowest BCUT2D eigenvalue weighted by Gasteiger charge is -2.34. The Morgan fingerprint density at radius 1 is 1.30 bits per heavy atom. The van der Waals surface area contributed by atoms with Crippen molar-refractivity contribution in [2.75, 3.05) is 19.7 Å². The zero-order valence-corrected chi connectivity index (χ0v) is 12.8. The van der Waals surface area contributed by atoms with Crippen LogP contribution in [0.2, 0.25) is 0 Å². The van der Waals surface area contributed by atoms with Crippen LogP contribution < -0.4 is 4.74 Å². The zero-order chi connectivity index (χ0) is 15.2. The van der Waals surface area contributed by atoms with Gasteiger partial charge in [-0.15, -0.1) is 0 Å². The number of para-hydroxylation sites is 1. The highest BCUT2D eigenvalue weighted by Crippen LogP contribution is 2.33. The van der Waals surface area contributed by atoms with Crippen molar-refractivity contribution in [1.29, 1.82) is 5.26 Å². The molecule has 0 fully saturated rings. The first-order valence-corrected chi connectivity index (χ1v) is 7.12. The molecular formula is C16H24N2O2. The van der Waals surface area contributed by atoms with E-state index in [1.54, 1.807) is 6.07 Å². The Hall–Kier alpha value is -1.73. The molecule has 0 aromatic heterocycles. The third-order valence-corrected chi connectivity index (χ3v) is 3.62. The molecular weight excluding hydrogens is 252 g/mol. The lowest BCUT2D eigenvalue weighted by atomic mass is 9.91. The van der Waals surface area contributed by atoms with Crippen molar-refractivity contribution < 1.29 is 9.84 Å². The highest BCUT2D eigenvalue weighted by Gasteiger charge is 2.31. The molecule has 0 saturated carbocycles. The Labute approximate surface area is 121 Å². The van der Waals surface area contributed by atoms with Crippen LogP contribution in [-0.2, 0) is 6.42 Å². The van der Waals surface area contributed by atoms with Crippen LogP contribution in [0, 0.1) is 11.3 Å². The number of aromatic hydroxyl groups is 1. The van der Waals surface area contributed by atoms with Gasteiger partial charge in [-0.2, -0.15) is 5.26 Å². The number of nitriles is 1. The highest BCUT2D eigenvalue weighted by atomic mass is 16.5. The van der Waals surface area contributed by atoms with Crippen LogP contribution in [0.25, 0.3) is 0 Å². The van der Waals surface area contributed by atoms with E-state index in [9.17, 15) is 10.4 Å². The molecule has 0 spiro atoms. The number of phenols is 1. The van der Waals surface area contributed by atoms with Gasteiger partial charge in [-0.25, -0.2) is 0 Å². The van der Waals surface area contributed by atoms with Crippen molar-refractivity contribution in [3.8, 4) is 17.6 Å². The van der Waals surface area contributed by atoms with Crippen LogP contribution in [0.3, 0.4) is 0 Å². The number of rotatable bonds is 7.